The van der Waals surface area contributed by atoms with Gasteiger partial charge in [-0.15, -0.1) is 0 Å². The molecule has 0 radical (unpaired) electrons. The summed E-state index contributed by atoms with van der Waals surface area (Å²) < 4.78 is 0. The highest BCUT2D eigenvalue weighted by atomic mass is 35.5. The van der Waals surface area contributed by atoms with Crippen LogP contribution in [0.4, 0.5) is 5.69 Å². The minimum Gasteiger partial charge on any atom is -0.368 e. The summed E-state index contributed by atoms with van der Waals surface area (Å²) in [6.45, 7) is 3.49. The molecular weight excluding hydrogens is 387 g/mol. The topological polar surface area (TPSA) is 78.7 Å². The number of piperidine rings is 2. The number of nitrogens with two attached hydrogens (primary N) is 1. The lowest BCUT2D eigenvalue weighted by Gasteiger charge is -2.48. The molecule has 2 amide bonds. The van der Waals surface area contributed by atoms with Gasteiger partial charge in [0.15, 0.2) is 0 Å². The van der Waals surface area contributed by atoms with Crippen molar-refractivity contribution in [1.82, 2.24) is 9.80 Å². The van der Waals surface area contributed by atoms with Gasteiger partial charge in [-0.25, -0.2) is 0 Å². The first kappa shape index (κ1) is 20.4. The first-order chi connectivity index (χ1) is 12.9. The first-order valence-electron chi connectivity index (χ1n) is 9.43. The Hall–Kier alpha value is -1.34. The predicted octanol–water partition coefficient (Wildman–Crippen LogP) is 2.74. The minimum absolute atomic E-state index is 0.113. The van der Waals surface area contributed by atoms with Crippen LogP contribution in [0.25, 0.3) is 0 Å². The zero-order valence-corrected chi connectivity index (χ0v) is 16.9. The maximum atomic E-state index is 12.3. The van der Waals surface area contributed by atoms with E-state index in [2.05, 4.69) is 15.1 Å². The number of carbonyl (C=O) groups is 2. The smallest absolute Gasteiger partial charge is 0.238 e. The Labute approximate surface area is 170 Å². The summed E-state index contributed by atoms with van der Waals surface area (Å²) in [5.41, 5.74) is 5.86. The van der Waals surface area contributed by atoms with E-state index in [1.54, 1.807) is 18.2 Å². The maximum Gasteiger partial charge on any atom is 0.238 e. The van der Waals surface area contributed by atoms with Gasteiger partial charge >= 0.3 is 0 Å². The van der Waals surface area contributed by atoms with Gasteiger partial charge in [0.1, 0.15) is 5.54 Å². The van der Waals surface area contributed by atoms with Crippen LogP contribution in [0, 0.1) is 0 Å². The summed E-state index contributed by atoms with van der Waals surface area (Å²) in [6.07, 6.45) is 4.78. The number of benzene rings is 1. The number of likely N-dealkylation sites (tertiary alicyclic amines) is 2. The summed E-state index contributed by atoms with van der Waals surface area (Å²) in [6, 6.07) is 5.00. The molecule has 148 valence electrons. The molecule has 6 nitrogen and oxygen atoms in total. The van der Waals surface area contributed by atoms with Gasteiger partial charge in [-0.2, -0.15) is 0 Å². The maximum absolute atomic E-state index is 12.3. The highest BCUT2D eigenvalue weighted by molar-refractivity contribution is 6.42. The summed E-state index contributed by atoms with van der Waals surface area (Å²) in [7, 11) is 0. The van der Waals surface area contributed by atoms with Crippen LogP contribution in [0.2, 0.25) is 10.0 Å². The number of nitrogens with one attached hydrogen (secondary N) is 1. The van der Waals surface area contributed by atoms with Crippen LogP contribution in [0.5, 0.6) is 0 Å². The van der Waals surface area contributed by atoms with Gasteiger partial charge in [0.25, 0.3) is 0 Å². The molecule has 1 aromatic carbocycles. The van der Waals surface area contributed by atoms with E-state index < -0.39 is 5.54 Å². The molecule has 1 aromatic rings. The number of carbonyl (C=O) groups excluding carboxylic acids is 2. The van der Waals surface area contributed by atoms with Crippen LogP contribution >= 0.6 is 23.2 Å². The van der Waals surface area contributed by atoms with E-state index in [9.17, 15) is 9.59 Å². The van der Waals surface area contributed by atoms with Crippen molar-refractivity contribution in [3.8, 4) is 0 Å². The summed E-state index contributed by atoms with van der Waals surface area (Å²) in [5.74, 6) is -0.345. The summed E-state index contributed by atoms with van der Waals surface area (Å²) in [4.78, 5) is 28.9. The number of rotatable bonds is 5. The Morgan fingerprint density at radius 1 is 1.04 bits per heavy atom. The summed E-state index contributed by atoms with van der Waals surface area (Å²) >= 11 is 11.9. The lowest BCUT2D eigenvalue weighted by Crippen LogP contribution is -2.63. The highest BCUT2D eigenvalue weighted by Gasteiger charge is 2.45. The molecule has 0 aliphatic carbocycles. The molecule has 0 aromatic heterocycles. The lowest BCUT2D eigenvalue weighted by atomic mass is 9.83. The van der Waals surface area contributed by atoms with Gasteiger partial charge in [-0.3, -0.25) is 19.4 Å². The van der Waals surface area contributed by atoms with E-state index in [1.807, 2.05) is 0 Å². The zero-order chi connectivity index (χ0) is 19.4. The van der Waals surface area contributed by atoms with E-state index in [0.717, 1.165) is 25.9 Å². The molecule has 0 bridgehead atoms. The Balaban J connectivity index is 1.55. The third-order valence-corrected chi connectivity index (χ3v) is 6.41. The Morgan fingerprint density at radius 2 is 1.70 bits per heavy atom. The van der Waals surface area contributed by atoms with Crippen LogP contribution in [-0.4, -0.2) is 59.9 Å². The van der Waals surface area contributed by atoms with Crippen LogP contribution in [0.3, 0.4) is 0 Å². The van der Waals surface area contributed by atoms with Crippen molar-refractivity contribution in [2.24, 2.45) is 5.73 Å². The molecule has 0 saturated carbocycles. The predicted molar refractivity (Wildman–Crippen MR) is 108 cm³/mol. The van der Waals surface area contributed by atoms with E-state index in [4.69, 9.17) is 28.9 Å². The molecule has 3 rings (SSSR count). The summed E-state index contributed by atoms with van der Waals surface area (Å²) in [5, 5.41) is 3.69. The van der Waals surface area contributed by atoms with Gasteiger partial charge in [0.2, 0.25) is 11.8 Å². The van der Waals surface area contributed by atoms with E-state index >= 15 is 0 Å². The van der Waals surface area contributed by atoms with E-state index in [0.29, 0.717) is 41.7 Å². The van der Waals surface area contributed by atoms with E-state index in [-0.39, 0.29) is 18.4 Å². The zero-order valence-electron chi connectivity index (χ0n) is 15.3. The normalized spacial score (nSPS) is 21.0. The van der Waals surface area contributed by atoms with Crippen molar-refractivity contribution in [3.05, 3.63) is 28.2 Å². The molecule has 2 aliphatic rings. The van der Waals surface area contributed by atoms with Crippen molar-refractivity contribution in [3.63, 3.8) is 0 Å². The molecular formula is C19H26Cl2N4O2. The highest BCUT2D eigenvalue weighted by Crippen LogP contribution is 2.31. The number of hydrogen-bond acceptors (Lipinski definition) is 4. The Morgan fingerprint density at radius 3 is 2.30 bits per heavy atom. The van der Waals surface area contributed by atoms with Gasteiger partial charge in [-0.1, -0.05) is 29.6 Å². The molecule has 0 atom stereocenters. The van der Waals surface area contributed by atoms with Crippen LogP contribution in [-0.2, 0) is 9.59 Å². The fraction of sp³-hybridized carbons (Fsp3) is 0.579. The van der Waals surface area contributed by atoms with Gasteiger partial charge in [0.05, 0.1) is 16.6 Å². The molecule has 8 heteroatoms. The van der Waals surface area contributed by atoms with Crippen molar-refractivity contribution in [2.75, 3.05) is 38.0 Å². The first-order valence-corrected chi connectivity index (χ1v) is 10.2. The molecule has 2 fully saturated rings. The van der Waals surface area contributed by atoms with Crippen molar-refractivity contribution in [2.45, 2.75) is 37.6 Å². The van der Waals surface area contributed by atoms with Crippen molar-refractivity contribution in [1.29, 1.82) is 0 Å². The van der Waals surface area contributed by atoms with Gasteiger partial charge < -0.3 is 11.1 Å². The quantitative estimate of drug-likeness (QED) is 0.778. The Kier molecular flexibility index (Phi) is 6.63. The van der Waals surface area contributed by atoms with Gasteiger partial charge in [0, 0.05) is 18.8 Å². The number of primary amides is 1. The molecule has 27 heavy (non-hydrogen) atoms. The van der Waals surface area contributed by atoms with Gasteiger partial charge in [-0.05, 0) is 57.0 Å². The second kappa shape index (κ2) is 8.78. The molecule has 0 unspecified atom stereocenters. The fourth-order valence-corrected chi connectivity index (χ4v) is 4.40. The molecule has 2 aliphatic heterocycles. The van der Waals surface area contributed by atoms with Crippen molar-refractivity contribution >= 4 is 40.7 Å². The monoisotopic (exact) mass is 412 g/mol. The lowest BCUT2D eigenvalue weighted by molar-refractivity contribution is -0.135. The second-order valence-electron chi connectivity index (χ2n) is 7.40. The van der Waals surface area contributed by atoms with Crippen LogP contribution in [0.1, 0.15) is 32.1 Å². The largest absolute Gasteiger partial charge is 0.368 e. The average Bonchev–Trinajstić information content (AvgIpc) is 2.66. The Bertz CT molecular complexity index is 699. The number of halogens is 2. The molecule has 2 saturated heterocycles. The number of amides is 2. The standard InChI is InChI=1S/C19H26Cl2N4O2/c20-15-5-4-14(12-16(15)21)23-17(26)13-24-10-6-19(7-11-24,18(22)27)25-8-2-1-3-9-25/h4-5,12H,1-3,6-11,13H2,(H2,22,27)(H,23,26). The number of hydrogen-bond donors (Lipinski definition) is 2. The van der Waals surface area contributed by atoms with Crippen molar-refractivity contribution < 1.29 is 9.59 Å². The third kappa shape index (κ3) is 4.74. The van der Waals surface area contributed by atoms with Crippen LogP contribution < -0.4 is 11.1 Å². The fourth-order valence-electron chi connectivity index (χ4n) is 4.10. The number of nitrogens with zero attached hydrogens (tertiary/aromatic N) is 2. The number of anilines is 1. The van der Waals surface area contributed by atoms with E-state index in [1.165, 1.54) is 6.42 Å². The SMILES string of the molecule is NC(=O)C1(N2CCCCC2)CCN(CC(=O)Nc2ccc(Cl)c(Cl)c2)CC1. The minimum atomic E-state index is -0.558. The molecule has 3 N–H and O–H groups in total. The van der Waals surface area contributed by atoms with Crippen LogP contribution in [0.15, 0.2) is 18.2 Å². The second-order valence-corrected chi connectivity index (χ2v) is 8.21. The average molecular weight is 413 g/mol. The molecule has 0 spiro atoms. The molecule has 2 heterocycles. The third-order valence-electron chi connectivity index (χ3n) is 5.67.